The number of ether oxygens (including phenoxy) is 1. The Morgan fingerprint density at radius 2 is 2.18 bits per heavy atom. The molecule has 0 saturated heterocycles. The second-order valence-electron chi connectivity index (χ2n) is 4.17. The SMILES string of the molecule is CCN(CC(=O)O)C(=O)NC1CCCC1OC. The molecule has 0 bridgehead atoms. The van der Waals surface area contributed by atoms with Gasteiger partial charge in [-0.25, -0.2) is 4.79 Å². The maximum Gasteiger partial charge on any atom is 0.323 e. The number of hydrogen-bond acceptors (Lipinski definition) is 3. The minimum Gasteiger partial charge on any atom is -0.480 e. The molecule has 98 valence electrons. The van der Waals surface area contributed by atoms with Crippen LogP contribution in [0.2, 0.25) is 0 Å². The normalized spacial score (nSPS) is 23.4. The summed E-state index contributed by atoms with van der Waals surface area (Å²) >= 11 is 0. The van der Waals surface area contributed by atoms with Crippen LogP contribution < -0.4 is 5.32 Å². The lowest BCUT2D eigenvalue weighted by Gasteiger charge is -2.25. The number of urea groups is 1. The second-order valence-corrected chi connectivity index (χ2v) is 4.17. The van der Waals surface area contributed by atoms with E-state index in [1.54, 1.807) is 14.0 Å². The molecule has 1 fully saturated rings. The summed E-state index contributed by atoms with van der Waals surface area (Å²) in [5.74, 6) is -1.00. The van der Waals surface area contributed by atoms with Crippen molar-refractivity contribution >= 4 is 12.0 Å². The number of carbonyl (C=O) groups excluding carboxylic acids is 1. The third kappa shape index (κ3) is 3.89. The number of carboxylic acids is 1. The molecule has 0 aliphatic heterocycles. The summed E-state index contributed by atoms with van der Waals surface area (Å²) in [4.78, 5) is 23.7. The van der Waals surface area contributed by atoms with Gasteiger partial charge in [-0.1, -0.05) is 0 Å². The zero-order chi connectivity index (χ0) is 12.8. The largest absolute Gasteiger partial charge is 0.480 e. The summed E-state index contributed by atoms with van der Waals surface area (Å²) in [5, 5.41) is 11.5. The molecule has 1 rings (SSSR count). The van der Waals surface area contributed by atoms with Crippen LogP contribution in [0.5, 0.6) is 0 Å². The number of methoxy groups -OCH3 is 1. The van der Waals surface area contributed by atoms with Gasteiger partial charge in [-0.2, -0.15) is 0 Å². The molecule has 0 aromatic rings. The van der Waals surface area contributed by atoms with E-state index in [2.05, 4.69) is 5.32 Å². The number of nitrogens with zero attached hydrogens (tertiary/aromatic N) is 1. The van der Waals surface area contributed by atoms with Crippen molar-refractivity contribution < 1.29 is 19.4 Å². The van der Waals surface area contributed by atoms with Gasteiger partial charge in [0.05, 0.1) is 12.1 Å². The summed E-state index contributed by atoms with van der Waals surface area (Å²) in [6.07, 6.45) is 2.89. The van der Waals surface area contributed by atoms with E-state index in [1.165, 1.54) is 4.90 Å². The fourth-order valence-electron chi connectivity index (χ4n) is 2.11. The fourth-order valence-corrected chi connectivity index (χ4v) is 2.11. The van der Waals surface area contributed by atoms with E-state index in [-0.39, 0.29) is 24.7 Å². The van der Waals surface area contributed by atoms with Crippen molar-refractivity contribution in [2.24, 2.45) is 0 Å². The van der Waals surface area contributed by atoms with Crippen molar-refractivity contribution in [3.63, 3.8) is 0 Å². The van der Waals surface area contributed by atoms with Crippen LogP contribution in [0.25, 0.3) is 0 Å². The van der Waals surface area contributed by atoms with E-state index in [9.17, 15) is 9.59 Å². The van der Waals surface area contributed by atoms with Gasteiger partial charge < -0.3 is 20.1 Å². The zero-order valence-corrected chi connectivity index (χ0v) is 10.3. The molecule has 0 spiro atoms. The maximum atomic E-state index is 11.8. The summed E-state index contributed by atoms with van der Waals surface area (Å²) < 4.78 is 5.27. The Bertz CT molecular complexity index is 283. The van der Waals surface area contributed by atoms with Crippen molar-refractivity contribution in [3.05, 3.63) is 0 Å². The number of likely N-dealkylation sites (N-methyl/N-ethyl adjacent to an activating group) is 1. The first-order chi connectivity index (χ1) is 8.08. The first kappa shape index (κ1) is 13.8. The van der Waals surface area contributed by atoms with Crippen LogP contribution in [0.3, 0.4) is 0 Å². The fraction of sp³-hybridized carbons (Fsp3) is 0.818. The minimum atomic E-state index is -1.00. The van der Waals surface area contributed by atoms with E-state index in [1.807, 2.05) is 0 Å². The molecule has 1 saturated carbocycles. The Morgan fingerprint density at radius 1 is 1.47 bits per heavy atom. The van der Waals surface area contributed by atoms with Crippen LogP contribution >= 0.6 is 0 Å². The van der Waals surface area contributed by atoms with Gasteiger partial charge in [0.2, 0.25) is 0 Å². The van der Waals surface area contributed by atoms with Crippen LogP contribution in [0.15, 0.2) is 0 Å². The van der Waals surface area contributed by atoms with Crippen molar-refractivity contribution in [2.45, 2.75) is 38.3 Å². The highest BCUT2D eigenvalue weighted by Crippen LogP contribution is 2.21. The highest BCUT2D eigenvalue weighted by Gasteiger charge is 2.29. The molecule has 0 aromatic heterocycles. The van der Waals surface area contributed by atoms with Gasteiger partial charge in [0.25, 0.3) is 0 Å². The highest BCUT2D eigenvalue weighted by molar-refractivity contribution is 5.80. The molecule has 2 unspecified atom stereocenters. The minimum absolute atomic E-state index is 0.00431. The molecular weight excluding hydrogens is 224 g/mol. The third-order valence-electron chi connectivity index (χ3n) is 3.06. The van der Waals surface area contributed by atoms with E-state index in [0.29, 0.717) is 6.54 Å². The van der Waals surface area contributed by atoms with Gasteiger partial charge in [0, 0.05) is 13.7 Å². The number of hydrogen-bond donors (Lipinski definition) is 2. The second kappa shape index (κ2) is 6.44. The quantitative estimate of drug-likeness (QED) is 0.745. The van der Waals surface area contributed by atoms with Crippen molar-refractivity contribution in [1.82, 2.24) is 10.2 Å². The Labute approximate surface area is 101 Å². The molecule has 1 aliphatic rings. The third-order valence-corrected chi connectivity index (χ3v) is 3.06. The first-order valence-corrected chi connectivity index (χ1v) is 5.88. The van der Waals surface area contributed by atoms with Crippen LogP contribution in [-0.4, -0.2) is 54.4 Å². The van der Waals surface area contributed by atoms with Crippen LogP contribution in [0.4, 0.5) is 4.79 Å². The monoisotopic (exact) mass is 244 g/mol. The predicted octanol–water partition coefficient (Wildman–Crippen LogP) is 0.670. The van der Waals surface area contributed by atoms with Gasteiger partial charge in [-0.05, 0) is 26.2 Å². The Kier molecular flexibility index (Phi) is 5.21. The van der Waals surface area contributed by atoms with Gasteiger partial charge in [0.1, 0.15) is 6.54 Å². The predicted molar refractivity (Wildman–Crippen MR) is 61.9 cm³/mol. The zero-order valence-electron chi connectivity index (χ0n) is 10.3. The molecule has 2 atom stereocenters. The first-order valence-electron chi connectivity index (χ1n) is 5.88. The Morgan fingerprint density at radius 3 is 2.71 bits per heavy atom. The average Bonchev–Trinajstić information content (AvgIpc) is 2.72. The molecule has 17 heavy (non-hydrogen) atoms. The van der Waals surface area contributed by atoms with Gasteiger partial charge in [0.15, 0.2) is 0 Å². The van der Waals surface area contributed by atoms with Crippen molar-refractivity contribution in [2.75, 3.05) is 20.2 Å². The Hall–Kier alpha value is -1.30. The highest BCUT2D eigenvalue weighted by atomic mass is 16.5. The molecule has 6 nitrogen and oxygen atoms in total. The maximum absolute atomic E-state index is 11.8. The molecular formula is C11H20N2O4. The van der Waals surface area contributed by atoms with E-state index in [4.69, 9.17) is 9.84 Å². The van der Waals surface area contributed by atoms with Crippen molar-refractivity contribution in [3.8, 4) is 0 Å². The summed E-state index contributed by atoms with van der Waals surface area (Å²) in [7, 11) is 1.63. The van der Waals surface area contributed by atoms with Gasteiger partial charge >= 0.3 is 12.0 Å². The molecule has 2 N–H and O–H groups in total. The van der Waals surface area contributed by atoms with Gasteiger partial charge in [-0.15, -0.1) is 0 Å². The average molecular weight is 244 g/mol. The van der Waals surface area contributed by atoms with Gasteiger partial charge in [-0.3, -0.25) is 4.79 Å². The molecule has 6 heteroatoms. The number of rotatable bonds is 5. The summed E-state index contributed by atoms with van der Waals surface area (Å²) in [6.45, 7) is 1.86. The molecule has 0 aromatic carbocycles. The molecule has 1 aliphatic carbocycles. The summed E-state index contributed by atoms with van der Waals surface area (Å²) in [5.41, 5.74) is 0. The number of aliphatic carboxylic acids is 1. The smallest absolute Gasteiger partial charge is 0.323 e. The summed E-state index contributed by atoms with van der Waals surface area (Å²) in [6, 6.07) is -0.334. The van der Waals surface area contributed by atoms with Crippen molar-refractivity contribution in [1.29, 1.82) is 0 Å². The van der Waals surface area contributed by atoms with E-state index >= 15 is 0 Å². The lowest BCUT2D eigenvalue weighted by atomic mass is 10.2. The Balaban J connectivity index is 2.48. The molecule has 0 heterocycles. The number of amides is 2. The standard InChI is InChI=1S/C11H20N2O4/c1-3-13(7-10(14)15)11(16)12-8-5-4-6-9(8)17-2/h8-9H,3-7H2,1-2H3,(H,12,16)(H,14,15). The molecule has 2 amide bonds. The number of carbonyl (C=O) groups is 2. The topological polar surface area (TPSA) is 78.9 Å². The lowest BCUT2D eigenvalue weighted by Crippen LogP contribution is -2.49. The van der Waals surface area contributed by atoms with E-state index < -0.39 is 5.97 Å². The lowest BCUT2D eigenvalue weighted by molar-refractivity contribution is -0.137. The number of carboxylic acid groups (broad SMARTS) is 1. The van der Waals surface area contributed by atoms with Crippen LogP contribution in [0.1, 0.15) is 26.2 Å². The van der Waals surface area contributed by atoms with Crippen LogP contribution in [-0.2, 0) is 9.53 Å². The molecule has 0 radical (unpaired) electrons. The van der Waals surface area contributed by atoms with E-state index in [0.717, 1.165) is 19.3 Å². The number of nitrogens with one attached hydrogen (secondary N) is 1. The van der Waals surface area contributed by atoms with Crippen LogP contribution in [0, 0.1) is 0 Å².